The van der Waals surface area contributed by atoms with Crippen LogP contribution in [0.1, 0.15) is 0 Å². The van der Waals surface area contributed by atoms with Gasteiger partial charge in [-0.05, 0) is 6.07 Å². The molecular formula is C12H14N2O5S. The molecule has 0 radical (unpaired) electrons. The Morgan fingerprint density at radius 3 is 2.70 bits per heavy atom. The van der Waals surface area contributed by atoms with Crippen molar-refractivity contribution in [3.05, 3.63) is 28.8 Å². The summed E-state index contributed by atoms with van der Waals surface area (Å²) < 4.78 is 32.7. The SMILES string of the molecule is COc1cc2nc[nH]c(=O)c2cc1OCCS(C)(=O)=O. The van der Waals surface area contributed by atoms with E-state index in [2.05, 4.69) is 9.97 Å². The van der Waals surface area contributed by atoms with E-state index in [0.29, 0.717) is 22.4 Å². The lowest BCUT2D eigenvalue weighted by Crippen LogP contribution is -2.13. The number of methoxy groups -OCH3 is 1. The van der Waals surface area contributed by atoms with Gasteiger partial charge in [-0.15, -0.1) is 0 Å². The second-order valence-electron chi connectivity index (χ2n) is 4.23. The van der Waals surface area contributed by atoms with Gasteiger partial charge in [-0.25, -0.2) is 13.4 Å². The molecule has 2 rings (SSSR count). The van der Waals surface area contributed by atoms with Crippen molar-refractivity contribution in [1.82, 2.24) is 9.97 Å². The minimum absolute atomic E-state index is 0.0150. The van der Waals surface area contributed by atoms with E-state index in [1.807, 2.05) is 0 Å². The molecule has 0 unspecified atom stereocenters. The number of nitrogens with zero attached hydrogens (tertiary/aromatic N) is 1. The lowest BCUT2D eigenvalue weighted by molar-refractivity contribution is 0.312. The van der Waals surface area contributed by atoms with E-state index in [1.165, 1.54) is 19.5 Å². The quantitative estimate of drug-likeness (QED) is 0.855. The molecule has 0 aliphatic rings. The molecule has 0 atom stereocenters. The van der Waals surface area contributed by atoms with E-state index in [-0.39, 0.29) is 17.9 Å². The summed E-state index contributed by atoms with van der Waals surface area (Å²) in [5.41, 5.74) is 0.173. The Kier molecular flexibility index (Phi) is 3.93. The molecule has 0 aliphatic carbocycles. The van der Waals surface area contributed by atoms with Gasteiger partial charge in [0.25, 0.3) is 5.56 Å². The smallest absolute Gasteiger partial charge is 0.258 e. The molecule has 7 nitrogen and oxygen atoms in total. The lowest BCUT2D eigenvalue weighted by atomic mass is 10.2. The highest BCUT2D eigenvalue weighted by atomic mass is 32.2. The van der Waals surface area contributed by atoms with Crippen LogP contribution in [0.5, 0.6) is 11.5 Å². The number of aromatic nitrogens is 2. The number of aromatic amines is 1. The number of H-pyrrole nitrogens is 1. The molecule has 8 heteroatoms. The molecular weight excluding hydrogens is 284 g/mol. The average molecular weight is 298 g/mol. The van der Waals surface area contributed by atoms with Crippen LogP contribution in [0.3, 0.4) is 0 Å². The van der Waals surface area contributed by atoms with Crippen molar-refractivity contribution in [3.63, 3.8) is 0 Å². The number of hydrogen-bond acceptors (Lipinski definition) is 6. The highest BCUT2D eigenvalue weighted by Crippen LogP contribution is 2.30. The van der Waals surface area contributed by atoms with Crippen LogP contribution in [-0.2, 0) is 9.84 Å². The van der Waals surface area contributed by atoms with Crippen molar-refractivity contribution >= 4 is 20.7 Å². The highest BCUT2D eigenvalue weighted by Gasteiger charge is 2.11. The van der Waals surface area contributed by atoms with E-state index >= 15 is 0 Å². The Bertz CT molecular complexity index is 782. The van der Waals surface area contributed by atoms with Gasteiger partial charge in [-0.3, -0.25) is 4.79 Å². The maximum atomic E-state index is 11.7. The third kappa shape index (κ3) is 3.27. The zero-order valence-corrected chi connectivity index (χ0v) is 11.9. The average Bonchev–Trinajstić information content (AvgIpc) is 2.37. The Labute approximate surface area is 115 Å². The minimum atomic E-state index is -3.11. The summed E-state index contributed by atoms with van der Waals surface area (Å²) in [5, 5.41) is 0.350. The zero-order valence-electron chi connectivity index (χ0n) is 11.0. The molecule has 1 N–H and O–H groups in total. The van der Waals surface area contributed by atoms with Crippen molar-refractivity contribution < 1.29 is 17.9 Å². The van der Waals surface area contributed by atoms with Crippen molar-refractivity contribution in [2.75, 3.05) is 25.7 Å². The summed E-state index contributed by atoms with van der Waals surface area (Å²) in [6.45, 7) is -0.0150. The van der Waals surface area contributed by atoms with Gasteiger partial charge in [-0.2, -0.15) is 0 Å². The second-order valence-corrected chi connectivity index (χ2v) is 6.49. The molecule has 1 aromatic heterocycles. The number of benzene rings is 1. The predicted molar refractivity (Wildman–Crippen MR) is 74.1 cm³/mol. The first-order valence-electron chi connectivity index (χ1n) is 5.76. The van der Waals surface area contributed by atoms with Gasteiger partial charge in [0, 0.05) is 12.3 Å². The van der Waals surface area contributed by atoms with Gasteiger partial charge in [0.05, 0.1) is 30.1 Å². The maximum absolute atomic E-state index is 11.7. The van der Waals surface area contributed by atoms with Crippen LogP contribution in [0, 0.1) is 0 Å². The van der Waals surface area contributed by atoms with Crippen LogP contribution >= 0.6 is 0 Å². The Morgan fingerprint density at radius 1 is 1.30 bits per heavy atom. The van der Waals surface area contributed by atoms with Gasteiger partial charge in [0.2, 0.25) is 0 Å². The molecule has 20 heavy (non-hydrogen) atoms. The summed E-state index contributed by atoms with van der Waals surface area (Å²) in [6.07, 6.45) is 2.43. The molecule has 1 heterocycles. The zero-order chi connectivity index (χ0) is 14.8. The monoisotopic (exact) mass is 298 g/mol. The number of rotatable bonds is 5. The van der Waals surface area contributed by atoms with Crippen molar-refractivity contribution in [3.8, 4) is 11.5 Å². The molecule has 0 aliphatic heterocycles. The molecule has 1 aromatic carbocycles. The fourth-order valence-corrected chi connectivity index (χ4v) is 2.04. The summed E-state index contributed by atoms with van der Waals surface area (Å²) in [4.78, 5) is 18.2. The van der Waals surface area contributed by atoms with Crippen LogP contribution < -0.4 is 15.0 Å². The van der Waals surface area contributed by atoms with Crippen molar-refractivity contribution in [1.29, 1.82) is 0 Å². The Hall–Kier alpha value is -2.09. The fraction of sp³-hybridized carbons (Fsp3) is 0.333. The molecule has 0 amide bonds. The predicted octanol–water partition coefficient (Wildman–Crippen LogP) is 0.355. The van der Waals surface area contributed by atoms with E-state index in [1.54, 1.807) is 6.07 Å². The molecule has 0 saturated carbocycles. The van der Waals surface area contributed by atoms with Crippen molar-refractivity contribution in [2.45, 2.75) is 0 Å². The lowest BCUT2D eigenvalue weighted by Gasteiger charge is -2.11. The normalized spacial score (nSPS) is 11.5. The number of sulfone groups is 1. The third-order valence-electron chi connectivity index (χ3n) is 2.64. The van der Waals surface area contributed by atoms with Gasteiger partial charge in [-0.1, -0.05) is 0 Å². The molecule has 0 fully saturated rings. The van der Waals surface area contributed by atoms with Crippen molar-refractivity contribution in [2.24, 2.45) is 0 Å². The first-order valence-corrected chi connectivity index (χ1v) is 7.83. The van der Waals surface area contributed by atoms with E-state index in [9.17, 15) is 13.2 Å². The summed E-state index contributed by atoms with van der Waals surface area (Å²) in [7, 11) is -1.65. The topological polar surface area (TPSA) is 98.3 Å². The van der Waals surface area contributed by atoms with Gasteiger partial charge in [0.15, 0.2) is 21.3 Å². The fourth-order valence-electron chi connectivity index (χ4n) is 1.65. The van der Waals surface area contributed by atoms with E-state index < -0.39 is 9.84 Å². The number of ether oxygens (including phenoxy) is 2. The Balaban J connectivity index is 2.36. The van der Waals surface area contributed by atoms with E-state index in [4.69, 9.17) is 9.47 Å². The van der Waals surface area contributed by atoms with Gasteiger partial charge < -0.3 is 14.5 Å². The summed E-state index contributed by atoms with van der Waals surface area (Å²) >= 11 is 0. The number of nitrogens with one attached hydrogen (secondary N) is 1. The molecule has 2 aromatic rings. The van der Waals surface area contributed by atoms with Crippen LogP contribution in [0.25, 0.3) is 10.9 Å². The maximum Gasteiger partial charge on any atom is 0.258 e. The van der Waals surface area contributed by atoms with Crippen LogP contribution in [0.2, 0.25) is 0 Å². The molecule has 0 bridgehead atoms. The highest BCUT2D eigenvalue weighted by molar-refractivity contribution is 7.90. The first kappa shape index (κ1) is 14.3. The van der Waals surface area contributed by atoms with E-state index in [0.717, 1.165) is 6.26 Å². The third-order valence-corrected chi connectivity index (χ3v) is 3.55. The largest absolute Gasteiger partial charge is 0.493 e. The Morgan fingerprint density at radius 2 is 2.05 bits per heavy atom. The molecule has 0 saturated heterocycles. The van der Waals surface area contributed by atoms with Gasteiger partial charge in [0.1, 0.15) is 6.61 Å². The van der Waals surface area contributed by atoms with Gasteiger partial charge >= 0.3 is 0 Å². The van der Waals surface area contributed by atoms with Crippen LogP contribution in [0.15, 0.2) is 23.3 Å². The summed E-state index contributed by atoms with van der Waals surface area (Å²) in [5.74, 6) is 0.587. The minimum Gasteiger partial charge on any atom is -0.493 e. The second kappa shape index (κ2) is 5.49. The number of hydrogen-bond donors (Lipinski definition) is 1. The first-order chi connectivity index (χ1) is 9.40. The molecule has 0 spiro atoms. The summed E-state index contributed by atoms with van der Waals surface area (Å²) in [6, 6.07) is 3.06. The molecule has 108 valence electrons. The number of fused-ring (bicyclic) bond motifs is 1. The standard InChI is InChI=1S/C12H14N2O5S/c1-18-10-6-9-8(12(15)14-7-13-9)5-11(10)19-3-4-20(2,16)17/h5-7H,3-4H2,1-2H3,(H,13,14,15). The van der Waals surface area contributed by atoms with Crippen LogP contribution in [0.4, 0.5) is 0 Å². The van der Waals surface area contributed by atoms with Crippen LogP contribution in [-0.4, -0.2) is 44.1 Å².